The summed E-state index contributed by atoms with van der Waals surface area (Å²) in [5, 5.41) is 15.1. The first-order valence-corrected chi connectivity index (χ1v) is 9.25. The first-order chi connectivity index (χ1) is 14.4. The molecule has 8 heteroatoms. The predicted molar refractivity (Wildman–Crippen MR) is 112 cm³/mol. The molecule has 148 valence electrons. The van der Waals surface area contributed by atoms with E-state index < -0.39 is 16.7 Å². The maximum atomic E-state index is 12.8. The molecule has 0 unspecified atom stereocenters. The molecule has 0 aliphatic carbocycles. The second-order valence-electron chi connectivity index (χ2n) is 7.32. The normalized spacial score (nSPS) is 14.2. The Morgan fingerprint density at radius 1 is 0.833 bits per heavy atom. The van der Waals surface area contributed by atoms with E-state index in [-0.39, 0.29) is 16.8 Å². The van der Waals surface area contributed by atoms with Crippen LogP contribution in [0.4, 0.5) is 5.69 Å². The van der Waals surface area contributed by atoms with Gasteiger partial charge in [-0.3, -0.25) is 25.0 Å². The quantitative estimate of drug-likeness (QED) is 0.324. The largest absolute Gasteiger partial charge is 0.350 e. The van der Waals surface area contributed by atoms with Crippen molar-refractivity contribution < 1.29 is 14.5 Å². The maximum absolute atomic E-state index is 12.8. The van der Waals surface area contributed by atoms with Crippen molar-refractivity contribution in [3.8, 4) is 0 Å². The van der Waals surface area contributed by atoms with Crippen LogP contribution in [0.2, 0.25) is 0 Å². The van der Waals surface area contributed by atoms with Gasteiger partial charge in [0.15, 0.2) is 0 Å². The molecule has 1 N–H and O–H groups in total. The molecular weight excluding hydrogens is 384 g/mol. The van der Waals surface area contributed by atoms with Crippen molar-refractivity contribution in [3.05, 3.63) is 76.1 Å². The molecule has 3 heterocycles. The highest BCUT2D eigenvalue weighted by molar-refractivity contribution is 6.50. The third-order valence-electron chi connectivity index (χ3n) is 5.55. The molecule has 0 radical (unpaired) electrons. The Morgan fingerprint density at radius 3 is 2.03 bits per heavy atom. The van der Waals surface area contributed by atoms with E-state index in [1.807, 2.05) is 42.1 Å². The van der Waals surface area contributed by atoms with E-state index in [1.54, 1.807) is 23.9 Å². The lowest BCUT2D eigenvalue weighted by Crippen LogP contribution is -2.22. The minimum Gasteiger partial charge on any atom is -0.350 e. The van der Waals surface area contributed by atoms with Crippen LogP contribution in [0, 0.1) is 10.1 Å². The molecule has 0 fully saturated rings. The van der Waals surface area contributed by atoms with Gasteiger partial charge in [-0.25, -0.2) is 0 Å². The molecule has 0 atom stereocenters. The van der Waals surface area contributed by atoms with E-state index in [0.717, 1.165) is 16.4 Å². The molecule has 8 nitrogen and oxygen atoms in total. The van der Waals surface area contributed by atoms with Crippen molar-refractivity contribution in [2.45, 2.75) is 0 Å². The topological polar surface area (TPSA) is 99.2 Å². The van der Waals surface area contributed by atoms with Crippen molar-refractivity contribution >= 4 is 50.5 Å². The molecule has 2 aromatic heterocycles. The van der Waals surface area contributed by atoms with Crippen molar-refractivity contribution in [2.75, 3.05) is 0 Å². The number of imide groups is 1. The summed E-state index contributed by atoms with van der Waals surface area (Å²) < 4.78 is 3.69. The van der Waals surface area contributed by atoms with Crippen LogP contribution < -0.4 is 5.32 Å². The second-order valence-corrected chi connectivity index (χ2v) is 7.32. The van der Waals surface area contributed by atoms with Gasteiger partial charge >= 0.3 is 0 Å². The van der Waals surface area contributed by atoms with Crippen LogP contribution in [-0.2, 0) is 23.7 Å². The number of nitrogens with zero attached hydrogens (tertiary/aromatic N) is 3. The smallest absolute Gasteiger partial charge is 0.270 e. The summed E-state index contributed by atoms with van der Waals surface area (Å²) in [6.45, 7) is 0. The Labute approximate surface area is 170 Å². The van der Waals surface area contributed by atoms with Crippen molar-refractivity contribution in [3.63, 3.8) is 0 Å². The standard InChI is InChI=1S/C22H16N4O4/c1-24-10-15(13-5-3-4-6-17(13)24)19-20(22(28)23-21(19)27)16-11-25(2)18-8-7-12(26(29)30)9-14(16)18/h3-11H,1-2H3,(H,23,27,28). The number of nitro benzene ring substituents is 1. The number of hydrogen-bond donors (Lipinski definition) is 1. The molecule has 2 amide bonds. The lowest BCUT2D eigenvalue weighted by atomic mass is 9.95. The average molecular weight is 400 g/mol. The molecule has 1 aliphatic rings. The zero-order valence-corrected chi connectivity index (χ0v) is 16.2. The number of carbonyl (C=O) groups excluding carboxylic acids is 2. The summed E-state index contributed by atoms with van der Waals surface area (Å²) in [5.41, 5.74) is 3.22. The number of aryl methyl sites for hydroxylation is 2. The van der Waals surface area contributed by atoms with Crippen LogP contribution in [0.1, 0.15) is 11.1 Å². The first-order valence-electron chi connectivity index (χ1n) is 9.25. The van der Waals surface area contributed by atoms with Crippen LogP contribution in [-0.4, -0.2) is 25.9 Å². The third kappa shape index (κ3) is 2.40. The summed E-state index contributed by atoms with van der Waals surface area (Å²) in [6, 6.07) is 12.1. The number of amides is 2. The van der Waals surface area contributed by atoms with E-state index in [0.29, 0.717) is 16.5 Å². The van der Waals surface area contributed by atoms with E-state index in [4.69, 9.17) is 0 Å². The summed E-state index contributed by atoms with van der Waals surface area (Å²) in [6.07, 6.45) is 3.55. The second kappa shape index (κ2) is 6.15. The van der Waals surface area contributed by atoms with Gasteiger partial charge in [-0.1, -0.05) is 18.2 Å². The minimum absolute atomic E-state index is 0.0769. The van der Waals surface area contributed by atoms with Crippen LogP contribution >= 0.6 is 0 Å². The lowest BCUT2D eigenvalue weighted by Gasteiger charge is -2.03. The summed E-state index contributed by atoms with van der Waals surface area (Å²) in [4.78, 5) is 36.5. The Kier molecular flexibility index (Phi) is 3.66. The summed E-state index contributed by atoms with van der Waals surface area (Å²) in [5.74, 6) is -0.990. The highest BCUT2D eigenvalue weighted by atomic mass is 16.6. The molecule has 0 saturated heterocycles. The van der Waals surface area contributed by atoms with Crippen molar-refractivity contribution in [1.29, 1.82) is 0 Å². The summed E-state index contributed by atoms with van der Waals surface area (Å²) >= 11 is 0. The number of benzene rings is 2. The molecular formula is C22H16N4O4. The molecule has 5 rings (SSSR count). The predicted octanol–water partition coefficient (Wildman–Crippen LogP) is 3.15. The number of nitrogens with one attached hydrogen (secondary N) is 1. The fraction of sp³-hybridized carbons (Fsp3) is 0.0909. The molecule has 0 spiro atoms. The van der Waals surface area contributed by atoms with Gasteiger partial charge in [-0.15, -0.1) is 0 Å². The van der Waals surface area contributed by atoms with E-state index in [2.05, 4.69) is 5.32 Å². The number of para-hydroxylation sites is 1. The zero-order chi connectivity index (χ0) is 21.2. The SMILES string of the molecule is Cn1cc(C2=C(c3cn(C)c4ccc([N+](=O)[O-])cc34)C(=O)NC2=O)c2ccccc21. The monoisotopic (exact) mass is 400 g/mol. The number of rotatable bonds is 3. The number of carbonyl (C=O) groups is 2. The van der Waals surface area contributed by atoms with Gasteiger partial charge in [-0.2, -0.15) is 0 Å². The van der Waals surface area contributed by atoms with E-state index in [9.17, 15) is 19.7 Å². The number of hydrogen-bond acceptors (Lipinski definition) is 4. The molecule has 2 aromatic carbocycles. The molecule has 0 saturated carbocycles. The maximum Gasteiger partial charge on any atom is 0.270 e. The van der Waals surface area contributed by atoms with Gasteiger partial charge in [0.05, 0.1) is 16.1 Å². The highest BCUT2D eigenvalue weighted by Crippen LogP contribution is 2.39. The van der Waals surface area contributed by atoms with Crippen LogP contribution in [0.15, 0.2) is 54.9 Å². The summed E-state index contributed by atoms with van der Waals surface area (Å²) in [7, 11) is 3.67. The fourth-order valence-corrected chi connectivity index (χ4v) is 4.20. The van der Waals surface area contributed by atoms with Crippen LogP contribution in [0.3, 0.4) is 0 Å². The van der Waals surface area contributed by atoms with Gasteiger partial charge in [0.2, 0.25) is 0 Å². The van der Waals surface area contributed by atoms with Gasteiger partial charge < -0.3 is 9.13 Å². The Hall–Kier alpha value is -4.20. The van der Waals surface area contributed by atoms with Gasteiger partial charge in [-0.05, 0) is 12.1 Å². The lowest BCUT2D eigenvalue weighted by molar-refractivity contribution is -0.384. The molecule has 0 bridgehead atoms. The number of nitro groups is 1. The average Bonchev–Trinajstić information content (AvgIpc) is 3.32. The van der Waals surface area contributed by atoms with Gasteiger partial charge in [0.25, 0.3) is 17.5 Å². The van der Waals surface area contributed by atoms with Crippen molar-refractivity contribution in [1.82, 2.24) is 14.5 Å². The first kappa shape index (κ1) is 17.9. The number of non-ortho nitro benzene ring substituents is 1. The number of aromatic nitrogens is 2. The Balaban J connectivity index is 1.87. The fourth-order valence-electron chi connectivity index (χ4n) is 4.20. The Morgan fingerprint density at radius 2 is 1.40 bits per heavy atom. The van der Waals surface area contributed by atoms with E-state index >= 15 is 0 Å². The zero-order valence-electron chi connectivity index (χ0n) is 16.2. The van der Waals surface area contributed by atoms with Crippen LogP contribution in [0.5, 0.6) is 0 Å². The van der Waals surface area contributed by atoms with Crippen LogP contribution in [0.25, 0.3) is 33.0 Å². The Bertz CT molecular complexity index is 1450. The van der Waals surface area contributed by atoms with Crippen molar-refractivity contribution in [2.24, 2.45) is 14.1 Å². The molecule has 4 aromatic rings. The van der Waals surface area contributed by atoms with Gasteiger partial charge in [0, 0.05) is 71.6 Å². The number of fused-ring (bicyclic) bond motifs is 2. The van der Waals surface area contributed by atoms with Gasteiger partial charge in [0.1, 0.15) is 0 Å². The minimum atomic E-state index is -0.512. The molecule has 1 aliphatic heterocycles. The molecule has 30 heavy (non-hydrogen) atoms. The third-order valence-corrected chi connectivity index (χ3v) is 5.55. The highest BCUT2D eigenvalue weighted by Gasteiger charge is 2.35. The van der Waals surface area contributed by atoms with E-state index in [1.165, 1.54) is 12.1 Å².